The van der Waals surface area contributed by atoms with Crippen molar-refractivity contribution < 1.29 is 23.8 Å². The van der Waals surface area contributed by atoms with Gasteiger partial charge in [-0.3, -0.25) is 9.59 Å². The minimum Gasteiger partial charge on any atom is -0.496 e. The van der Waals surface area contributed by atoms with Crippen molar-refractivity contribution in [2.45, 2.75) is 32.9 Å². The van der Waals surface area contributed by atoms with Crippen LogP contribution in [-0.4, -0.2) is 30.6 Å². The summed E-state index contributed by atoms with van der Waals surface area (Å²) < 4.78 is 10.6. The Hall–Kier alpha value is -2.80. The summed E-state index contributed by atoms with van der Waals surface area (Å²) in [6.07, 6.45) is -0.477. The Bertz CT molecular complexity index is 769. The number of rotatable bonds is 7. The molecular weight excluding hydrogens is 336 g/mol. The summed E-state index contributed by atoms with van der Waals surface area (Å²) in [5.74, 6) is 0.530. The molecule has 7 nitrogen and oxygen atoms in total. The maximum Gasteiger partial charge on any atom is 0.309 e. The lowest BCUT2D eigenvalue weighted by atomic mass is 10.1. The smallest absolute Gasteiger partial charge is 0.309 e. The third-order valence-corrected chi connectivity index (χ3v) is 3.98. The summed E-state index contributed by atoms with van der Waals surface area (Å²) >= 11 is 0. The molecular formula is C19H24N2O5. The molecule has 0 aliphatic heterocycles. The molecule has 0 spiro atoms. The molecule has 140 valence electrons. The lowest BCUT2D eigenvalue weighted by Crippen LogP contribution is -2.40. The minimum absolute atomic E-state index is 0.172. The first-order valence-corrected chi connectivity index (χ1v) is 8.35. The molecule has 26 heavy (non-hydrogen) atoms. The van der Waals surface area contributed by atoms with E-state index in [1.807, 2.05) is 18.2 Å². The van der Waals surface area contributed by atoms with Crippen LogP contribution in [0, 0.1) is 13.8 Å². The number of furan rings is 1. The number of ether oxygens (including phenoxy) is 1. The van der Waals surface area contributed by atoms with E-state index in [9.17, 15) is 14.7 Å². The fourth-order valence-electron chi connectivity index (χ4n) is 2.64. The van der Waals surface area contributed by atoms with E-state index in [1.54, 1.807) is 33.1 Å². The molecule has 1 aromatic carbocycles. The third kappa shape index (κ3) is 5.10. The molecule has 1 heterocycles. The van der Waals surface area contributed by atoms with Crippen molar-refractivity contribution in [1.29, 1.82) is 0 Å². The number of carbonyl (C=O) groups excluding carboxylic acids is 2. The molecule has 0 saturated heterocycles. The number of amides is 2. The first-order chi connectivity index (χ1) is 12.4. The number of para-hydroxylation sites is 1. The second-order valence-corrected chi connectivity index (χ2v) is 5.92. The van der Waals surface area contributed by atoms with E-state index in [0.717, 1.165) is 11.3 Å². The van der Waals surface area contributed by atoms with E-state index < -0.39 is 17.9 Å². The van der Waals surface area contributed by atoms with Crippen LogP contribution in [0.1, 0.15) is 35.2 Å². The van der Waals surface area contributed by atoms with Gasteiger partial charge in [-0.1, -0.05) is 18.2 Å². The summed E-state index contributed by atoms with van der Waals surface area (Å²) in [6, 6.07) is 9.00. The second-order valence-electron chi connectivity index (χ2n) is 5.92. The van der Waals surface area contributed by atoms with Gasteiger partial charge in [0.15, 0.2) is 0 Å². The lowest BCUT2D eigenvalue weighted by molar-refractivity contribution is -0.139. The number of benzene rings is 1. The topological polar surface area (TPSA) is 101 Å². The molecule has 1 atom stereocenters. The van der Waals surface area contributed by atoms with Gasteiger partial charge in [0.25, 0.3) is 0 Å². The van der Waals surface area contributed by atoms with Crippen LogP contribution in [0.2, 0.25) is 0 Å². The van der Waals surface area contributed by atoms with Crippen LogP contribution in [0.5, 0.6) is 5.75 Å². The van der Waals surface area contributed by atoms with Gasteiger partial charge < -0.3 is 24.9 Å². The normalized spacial score (nSPS) is 11.7. The van der Waals surface area contributed by atoms with E-state index in [-0.39, 0.29) is 19.5 Å². The van der Waals surface area contributed by atoms with Crippen molar-refractivity contribution in [3.8, 4) is 5.75 Å². The maximum atomic E-state index is 11.9. The molecule has 0 bridgehead atoms. The Morgan fingerprint density at radius 1 is 1.19 bits per heavy atom. The molecule has 0 fully saturated rings. The van der Waals surface area contributed by atoms with Gasteiger partial charge in [-0.05, 0) is 32.4 Å². The Kier molecular flexibility index (Phi) is 6.80. The molecule has 0 aliphatic carbocycles. The van der Waals surface area contributed by atoms with E-state index in [1.165, 1.54) is 0 Å². The van der Waals surface area contributed by atoms with E-state index in [4.69, 9.17) is 9.15 Å². The van der Waals surface area contributed by atoms with Crippen molar-refractivity contribution in [1.82, 2.24) is 10.6 Å². The van der Waals surface area contributed by atoms with Crippen molar-refractivity contribution in [3.63, 3.8) is 0 Å². The van der Waals surface area contributed by atoms with E-state index in [2.05, 4.69) is 10.6 Å². The third-order valence-electron chi connectivity index (χ3n) is 3.98. The van der Waals surface area contributed by atoms with Crippen LogP contribution in [-0.2, 0) is 16.1 Å². The van der Waals surface area contributed by atoms with Crippen LogP contribution in [0.4, 0.5) is 0 Å². The standard InChI is InChI=1S/C19H24N2O5/c1-12-10-15(13(2)26-12)16(22)8-9-20-18(23)19(24)21-11-14-6-4-5-7-17(14)25-3/h4-7,10,16,22H,8-9,11H2,1-3H3,(H,20,23)(H,21,24). The SMILES string of the molecule is COc1ccccc1CNC(=O)C(=O)NCCC(O)c1cc(C)oc1C. The van der Waals surface area contributed by atoms with Crippen LogP contribution < -0.4 is 15.4 Å². The summed E-state index contributed by atoms with van der Waals surface area (Å²) in [6.45, 7) is 3.94. The van der Waals surface area contributed by atoms with Gasteiger partial charge in [0.05, 0.1) is 13.2 Å². The van der Waals surface area contributed by atoms with Crippen molar-refractivity contribution >= 4 is 11.8 Å². The fourth-order valence-corrected chi connectivity index (χ4v) is 2.64. The average molecular weight is 360 g/mol. The number of hydrogen-bond acceptors (Lipinski definition) is 5. The molecule has 2 amide bonds. The Labute approximate surface area is 152 Å². The number of carbonyl (C=O) groups is 2. The Balaban J connectivity index is 1.77. The summed E-state index contributed by atoms with van der Waals surface area (Å²) in [7, 11) is 1.54. The number of nitrogens with one attached hydrogen (secondary N) is 2. The van der Waals surface area contributed by atoms with Gasteiger partial charge >= 0.3 is 11.8 Å². The molecule has 7 heteroatoms. The van der Waals surface area contributed by atoms with Crippen LogP contribution in [0.25, 0.3) is 0 Å². The molecule has 2 rings (SSSR count). The van der Waals surface area contributed by atoms with Crippen LogP contribution in [0.15, 0.2) is 34.7 Å². The van der Waals surface area contributed by atoms with Gasteiger partial charge in [0.1, 0.15) is 17.3 Å². The van der Waals surface area contributed by atoms with Crippen molar-refractivity contribution in [2.75, 3.05) is 13.7 Å². The number of aliphatic hydroxyl groups excluding tert-OH is 1. The maximum absolute atomic E-state index is 11.9. The number of aryl methyl sites for hydroxylation is 2. The van der Waals surface area contributed by atoms with E-state index >= 15 is 0 Å². The van der Waals surface area contributed by atoms with Gasteiger partial charge in [-0.15, -0.1) is 0 Å². The zero-order valence-electron chi connectivity index (χ0n) is 15.2. The number of hydrogen-bond donors (Lipinski definition) is 3. The molecule has 0 aliphatic rings. The Morgan fingerprint density at radius 2 is 1.88 bits per heavy atom. The first kappa shape index (κ1) is 19.5. The highest BCUT2D eigenvalue weighted by Gasteiger charge is 2.17. The van der Waals surface area contributed by atoms with E-state index in [0.29, 0.717) is 17.1 Å². The minimum atomic E-state index is -0.760. The average Bonchev–Trinajstić information content (AvgIpc) is 2.97. The largest absolute Gasteiger partial charge is 0.496 e. The molecule has 2 aromatic rings. The monoisotopic (exact) mass is 360 g/mol. The highest BCUT2D eigenvalue weighted by atomic mass is 16.5. The summed E-state index contributed by atoms with van der Waals surface area (Å²) in [5, 5.41) is 15.2. The quantitative estimate of drug-likeness (QED) is 0.653. The molecule has 3 N–H and O–H groups in total. The predicted molar refractivity (Wildman–Crippen MR) is 95.6 cm³/mol. The highest BCUT2D eigenvalue weighted by molar-refractivity contribution is 6.35. The molecule has 1 unspecified atom stereocenters. The fraction of sp³-hybridized carbons (Fsp3) is 0.368. The molecule has 1 aromatic heterocycles. The number of methoxy groups -OCH3 is 1. The zero-order chi connectivity index (χ0) is 19.1. The highest BCUT2D eigenvalue weighted by Crippen LogP contribution is 2.23. The van der Waals surface area contributed by atoms with Crippen LogP contribution in [0.3, 0.4) is 0 Å². The van der Waals surface area contributed by atoms with Gasteiger partial charge in [-0.25, -0.2) is 0 Å². The van der Waals surface area contributed by atoms with Crippen LogP contribution >= 0.6 is 0 Å². The molecule has 0 radical (unpaired) electrons. The van der Waals surface area contributed by atoms with Crippen molar-refractivity contribution in [2.24, 2.45) is 0 Å². The zero-order valence-corrected chi connectivity index (χ0v) is 15.2. The molecule has 0 saturated carbocycles. The summed E-state index contributed by atoms with van der Waals surface area (Å²) in [5.41, 5.74) is 1.47. The second kappa shape index (κ2) is 9.05. The van der Waals surface area contributed by atoms with Gasteiger partial charge in [0.2, 0.25) is 0 Å². The van der Waals surface area contributed by atoms with Crippen molar-refractivity contribution in [3.05, 3.63) is 53.0 Å². The van der Waals surface area contributed by atoms with Gasteiger partial charge in [0, 0.05) is 24.2 Å². The first-order valence-electron chi connectivity index (χ1n) is 8.35. The predicted octanol–water partition coefficient (Wildman–Crippen LogP) is 1.76. The van der Waals surface area contributed by atoms with Gasteiger partial charge in [-0.2, -0.15) is 0 Å². The summed E-state index contributed by atoms with van der Waals surface area (Å²) in [4.78, 5) is 23.7. The Morgan fingerprint density at radius 3 is 2.54 bits per heavy atom. The lowest BCUT2D eigenvalue weighted by Gasteiger charge is -2.11. The number of aliphatic hydroxyl groups is 1.